The minimum Gasteiger partial charge on any atom is -0.396 e. The van der Waals surface area contributed by atoms with E-state index in [1.807, 2.05) is 13.8 Å². The van der Waals surface area contributed by atoms with Gasteiger partial charge in [-0.15, -0.1) is 0 Å². The van der Waals surface area contributed by atoms with E-state index in [4.69, 9.17) is 16.7 Å². The largest absolute Gasteiger partial charge is 0.396 e. The van der Waals surface area contributed by atoms with E-state index in [2.05, 4.69) is 21.2 Å². The Kier molecular flexibility index (Phi) is 6.12. The van der Waals surface area contributed by atoms with Crippen molar-refractivity contribution in [1.29, 1.82) is 0 Å². The molecule has 0 fully saturated rings. The number of hydrogen-bond donors (Lipinski definition) is 2. The SMILES string of the molecule is CC(C)C(CCO)NC(=O)c1ccc(Br)c(Cl)c1. The quantitative estimate of drug-likeness (QED) is 0.868. The summed E-state index contributed by atoms with van der Waals surface area (Å²) in [6.45, 7) is 4.08. The van der Waals surface area contributed by atoms with Crippen LogP contribution in [-0.4, -0.2) is 23.7 Å². The van der Waals surface area contributed by atoms with Crippen molar-refractivity contribution in [3.05, 3.63) is 33.3 Å². The molecule has 0 aromatic heterocycles. The Bertz CT molecular complexity index is 423. The van der Waals surface area contributed by atoms with E-state index < -0.39 is 0 Å². The van der Waals surface area contributed by atoms with E-state index in [1.165, 1.54) is 0 Å². The van der Waals surface area contributed by atoms with Gasteiger partial charge in [-0.3, -0.25) is 4.79 Å². The zero-order valence-electron chi connectivity index (χ0n) is 10.4. The number of amides is 1. The number of hydrogen-bond acceptors (Lipinski definition) is 2. The van der Waals surface area contributed by atoms with E-state index in [0.29, 0.717) is 17.0 Å². The lowest BCUT2D eigenvalue weighted by atomic mass is 10.0. The zero-order valence-corrected chi connectivity index (χ0v) is 12.8. The predicted octanol–water partition coefficient (Wildman–Crippen LogP) is 3.24. The molecule has 0 aliphatic carbocycles. The fraction of sp³-hybridized carbons (Fsp3) is 0.462. The second kappa shape index (κ2) is 7.12. The summed E-state index contributed by atoms with van der Waals surface area (Å²) in [7, 11) is 0. The molecule has 2 N–H and O–H groups in total. The molecular weight excluding hydrogens is 318 g/mol. The monoisotopic (exact) mass is 333 g/mol. The van der Waals surface area contributed by atoms with Crippen LogP contribution < -0.4 is 5.32 Å². The lowest BCUT2D eigenvalue weighted by molar-refractivity contribution is 0.0916. The van der Waals surface area contributed by atoms with Crippen molar-refractivity contribution >= 4 is 33.4 Å². The molecule has 18 heavy (non-hydrogen) atoms. The van der Waals surface area contributed by atoms with Crippen LogP contribution >= 0.6 is 27.5 Å². The third-order valence-corrected chi connectivity index (χ3v) is 3.98. The summed E-state index contributed by atoms with van der Waals surface area (Å²) < 4.78 is 0.761. The second-order valence-electron chi connectivity index (χ2n) is 4.47. The highest BCUT2D eigenvalue weighted by atomic mass is 79.9. The molecular formula is C13H17BrClNO2. The first-order valence-electron chi connectivity index (χ1n) is 5.82. The van der Waals surface area contributed by atoms with Gasteiger partial charge in [0.15, 0.2) is 0 Å². The number of aliphatic hydroxyl groups excluding tert-OH is 1. The van der Waals surface area contributed by atoms with Crippen molar-refractivity contribution in [3.63, 3.8) is 0 Å². The summed E-state index contributed by atoms with van der Waals surface area (Å²) in [5, 5.41) is 12.4. The van der Waals surface area contributed by atoms with Gasteiger partial charge in [0.2, 0.25) is 0 Å². The standard InChI is InChI=1S/C13H17BrClNO2/c1-8(2)12(5-6-17)16-13(18)9-3-4-10(14)11(15)7-9/h3-4,7-8,12,17H,5-6H2,1-2H3,(H,16,18). The first kappa shape index (κ1) is 15.5. The first-order chi connectivity index (χ1) is 8.45. The Morgan fingerprint density at radius 1 is 1.50 bits per heavy atom. The Morgan fingerprint density at radius 2 is 2.17 bits per heavy atom. The lowest BCUT2D eigenvalue weighted by Gasteiger charge is -2.21. The third-order valence-electron chi connectivity index (χ3n) is 2.74. The topological polar surface area (TPSA) is 49.3 Å². The molecule has 1 atom stereocenters. The zero-order chi connectivity index (χ0) is 13.7. The van der Waals surface area contributed by atoms with Crippen LogP contribution in [0.1, 0.15) is 30.6 Å². The van der Waals surface area contributed by atoms with Crippen molar-refractivity contribution in [1.82, 2.24) is 5.32 Å². The van der Waals surface area contributed by atoms with E-state index in [0.717, 1.165) is 4.47 Å². The van der Waals surface area contributed by atoms with Gasteiger partial charge in [-0.05, 0) is 46.5 Å². The summed E-state index contributed by atoms with van der Waals surface area (Å²) in [5.41, 5.74) is 0.520. The summed E-state index contributed by atoms with van der Waals surface area (Å²) in [5.74, 6) is 0.101. The lowest BCUT2D eigenvalue weighted by Crippen LogP contribution is -2.39. The molecule has 1 aromatic carbocycles. The van der Waals surface area contributed by atoms with E-state index in [-0.39, 0.29) is 24.5 Å². The molecule has 5 heteroatoms. The first-order valence-corrected chi connectivity index (χ1v) is 6.99. The van der Waals surface area contributed by atoms with Gasteiger partial charge < -0.3 is 10.4 Å². The molecule has 1 unspecified atom stereocenters. The smallest absolute Gasteiger partial charge is 0.251 e. The average molecular weight is 335 g/mol. The molecule has 1 amide bonds. The predicted molar refractivity (Wildman–Crippen MR) is 76.9 cm³/mol. The van der Waals surface area contributed by atoms with Gasteiger partial charge in [0, 0.05) is 22.7 Å². The van der Waals surface area contributed by atoms with Crippen molar-refractivity contribution in [2.75, 3.05) is 6.61 Å². The normalized spacial score (nSPS) is 12.6. The van der Waals surface area contributed by atoms with Crippen LogP contribution in [0.15, 0.2) is 22.7 Å². The van der Waals surface area contributed by atoms with Crippen molar-refractivity contribution in [2.24, 2.45) is 5.92 Å². The van der Waals surface area contributed by atoms with Gasteiger partial charge in [0.1, 0.15) is 0 Å². The fourth-order valence-corrected chi connectivity index (χ4v) is 2.03. The highest BCUT2D eigenvalue weighted by Crippen LogP contribution is 2.23. The maximum Gasteiger partial charge on any atom is 0.251 e. The summed E-state index contributed by atoms with van der Waals surface area (Å²) >= 11 is 9.23. The van der Waals surface area contributed by atoms with Gasteiger partial charge in [-0.25, -0.2) is 0 Å². The molecule has 0 aliphatic rings. The van der Waals surface area contributed by atoms with Crippen LogP contribution in [0.3, 0.4) is 0 Å². The number of carbonyl (C=O) groups excluding carboxylic acids is 1. The maximum absolute atomic E-state index is 12.0. The molecule has 0 heterocycles. The van der Waals surface area contributed by atoms with Crippen molar-refractivity contribution < 1.29 is 9.90 Å². The van der Waals surface area contributed by atoms with Gasteiger partial charge in [-0.2, -0.15) is 0 Å². The number of aliphatic hydroxyl groups is 1. The number of rotatable bonds is 5. The minimum absolute atomic E-state index is 0.0371. The van der Waals surface area contributed by atoms with Crippen LogP contribution in [0.4, 0.5) is 0 Å². The maximum atomic E-state index is 12.0. The van der Waals surface area contributed by atoms with Gasteiger partial charge in [-0.1, -0.05) is 25.4 Å². The molecule has 100 valence electrons. The van der Waals surface area contributed by atoms with Crippen LogP contribution in [0.25, 0.3) is 0 Å². The van der Waals surface area contributed by atoms with Crippen LogP contribution in [0.2, 0.25) is 5.02 Å². The van der Waals surface area contributed by atoms with Gasteiger partial charge >= 0.3 is 0 Å². The van der Waals surface area contributed by atoms with E-state index in [9.17, 15) is 4.79 Å². The van der Waals surface area contributed by atoms with Gasteiger partial charge in [0.25, 0.3) is 5.91 Å². The van der Waals surface area contributed by atoms with Crippen LogP contribution in [0.5, 0.6) is 0 Å². The van der Waals surface area contributed by atoms with Crippen LogP contribution in [-0.2, 0) is 0 Å². The Hall–Kier alpha value is -0.580. The molecule has 0 radical (unpaired) electrons. The average Bonchev–Trinajstić information content (AvgIpc) is 2.31. The van der Waals surface area contributed by atoms with Crippen molar-refractivity contribution in [3.8, 4) is 0 Å². The molecule has 0 bridgehead atoms. The molecule has 1 aromatic rings. The third kappa shape index (κ3) is 4.26. The van der Waals surface area contributed by atoms with Crippen LogP contribution in [0, 0.1) is 5.92 Å². The summed E-state index contributed by atoms with van der Waals surface area (Å²) in [4.78, 5) is 12.0. The Morgan fingerprint density at radius 3 is 2.67 bits per heavy atom. The summed E-state index contributed by atoms with van der Waals surface area (Å²) in [6, 6.07) is 5.04. The number of nitrogens with one attached hydrogen (secondary N) is 1. The Labute approximate surface area is 121 Å². The number of carbonyl (C=O) groups is 1. The van der Waals surface area contributed by atoms with Gasteiger partial charge in [0.05, 0.1) is 5.02 Å². The molecule has 0 aliphatic heterocycles. The highest BCUT2D eigenvalue weighted by molar-refractivity contribution is 9.10. The fourth-order valence-electron chi connectivity index (χ4n) is 1.60. The van der Waals surface area contributed by atoms with E-state index >= 15 is 0 Å². The molecule has 0 saturated carbocycles. The number of halogens is 2. The molecule has 0 saturated heterocycles. The number of benzene rings is 1. The molecule has 0 spiro atoms. The molecule has 3 nitrogen and oxygen atoms in total. The summed E-state index contributed by atoms with van der Waals surface area (Å²) in [6.07, 6.45) is 0.549. The molecule has 1 rings (SSSR count). The second-order valence-corrected chi connectivity index (χ2v) is 5.73. The van der Waals surface area contributed by atoms with E-state index in [1.54, 1.807) is 18.2 Å². The minimum atomic E-state index is -0.170. The Balaban J connectivity index is 2.77. The van der Waals surface area contributed by atoms with Crippen molar-refractivity contribution in [2.45, 2.75) is 26.3 Å². The highest BCUT2D eigenvalue weighted by Gasteiger charge is 2.17.